The standard InChI is InChI=1S/C18H18FN3S/c19-13-5-3-4-12(10-13)8-9-22-11-21-18-16(17(22)20)14-6-1-2-7-15(14)23-18/h3-5,10-11,20H,1-2,6-9H2. The highest BCUT2D eigenvalue weighted by atomic mass is 32.1. The molecular formula is C18H18FN3S. The molecule has 5 heteroatoms. The third-order valence-electron chi connectivity index (χ3n) is 4.52. The van der Waals surface area contributed by atoms with Crippen molar-refractivity contribution in [1.82, 2.24) is 9.55 Å². The Hall–Kier alpha value is -2.01. The number of hydrogen-bond acceptors (Lipinski definition) is 3. The number of aryl methyl sites for hydroxylation is 4. The van der Waals surface area contributed by atoms with Gasteiger partial charge >= 0.3 is 0 Å². The molecule has 1 aromatic carbocycles. The lowest BCUT2D eigenvalue weighted by Crippen LogP contribution is -2.22. The molecule has 2 aromatic heterocycles. The van der Waals surface area contributed by atoms with Crippen molar-refractivity contribution in [1.29, 1.82) is 5.41 Å². The quantitative estimate of drug-likeness (QED) is 0.780. The van der Waals surface area contributed by atoms with Gasteiger partial charge in [-0.05, 0) is 55.4 Å². The normalized spacial score (nSPS) is 14.1. The number of benzene rings is 1. The molecule has 1 aliphatic rings. The molecule has 0 radical (unpaired) electrons. The van der Waals surface area contributed by atoms with E-state index in [0.717, 1.165) is 28.6 Å². The Bertz CT molecular complexity index is 926. The van der Waals surface area contributed by atoms with E-state index in [1.54, 1.807) is 29.8 Å². The molecule has 118 valence electrons. The zero-order valence-corrected chi connectivity index (χ0v) is 13.6. The second-order valence-electron chi connectivity index (χ2n) is 6.06. The maximum absolute atomic E-state index is 13.3. The summed E-state index contributed by atoms with van der Waals surface area (Å²) >= 11 is 1.74. The van der Waals surface area contributed by atoms with Crippen molar-refractivity contribution in [3.05, 3.63) is 57.9 Å². The topological polar surface area (TPSA) is 41.7 Å². The third kappa shape index (κ3) is 2.70. The van der Waals surface area contributed by atoms with E-state index in [9.17, 15) is 4.39 Å². The van der Waals surface area contributed by atoms with Crippen molar-refractivity contribution in [3.63, 3.8) is 0 Å². The van der Waals surface area contributed by atoms with Gasteiger partial charge in [-0.3, -0.25) is 5.41 Å². The Kier molecular flexibility index (Phi) is 3.73. The van der Waals surface area contributed by atoms with Crippen LogP contribution in [0.15, 0.2) is 30.6 Å². The van der Waals surface area contributed by atoms with Crippen LogP contribution in [-0.4, -0.2) is 9.55 Å². The van der Waals surface area contributed by atoms with E-state index >= 15 is 0 Å². The van der Waals surface area contributed by atoms with Crippen LogP contribution in [0, 0.1) is 11.2 Å². The van der Waals surface area contributed by atoms with Crippen molar-refractivity contribution in [3.8, 4) is 0 Å². The van der Waals surface area contributed by atoms with Gasteiger partial charge in [-0.15, -0.1) is 11.3 Å². The third-order valence-corrected chi connectivity index (χ3v) is 5.72. The average Bonchev–Trinajstić information content (AvgIpc) is 2.93. The minimum Gasteiger partial charge on any atom is -0.317 e. The van der Waals surface area contributed by atoms with Crippen LogP contribution >= 0.6 is 11.3 Å². The van der Waals surface area contributed by atoms with E-state index in [1.165, 1.54) is 29.3 Å². The van der Waals surface area contributed by atoms with Crippen LogP contribution in [0.4, 0.5) is 4.39 Å². The minimum atomic E-state index is -0.209. The molecule has 0 amide bonds. The van der Waals surface area contributed by atoms with Gasteiger partial charge in [-0.2, -0.15) is 0 Å². The Morgan fingerprint density at radius 3 is 3.00 bits per heavy atom. The summed E-state index contributed by atoms with van der Waals surface area (Å²) < 4.78 is 15.2. The lowest BCUT2D eigenvalue weighted by atomic mass is 9.97. The number of nitrogens with one attached hydrogen (secondary N) is 1. The van der Waals surface area contributed by atoms with Crippen molar-refractivity contribution < 1.29 is 4.39 Å². The maximum Gasteiger partial charge on any atom is 0.136 e. The molecule has 3 nitrogen and oxygen atoms in total. The highest BCUT2D eigenvalue weighted by Crippen LogP contribution is 2.33. The van der Waals surface area contributed by atoms with Gasteiger partial charge in [0, 0.05) is 11.4 Å². The number of nitrogens with zero attached hydrogens (tertiary/aromatic N) is 2. The fourth-order valence-electron chi connectivity index (χ4n) is 3.32. The molecule has 0 atom stereocenters. The zero-order chi connectivity index (χ0) is 15.8. The number of fused-ring (bicyclic) bond motifs is 3. The van der Waals surface area contributed by atoms with Gasteiger partial charge in [0.25, 0.3) is 0 Å². The SMILES string of the molecule is N=c1c2c3c(sc2ncn1CCc1cccc(F)c1)CCCC3. The van der Waals surface area contributed by atoms with Crippen molar-refractivity contribution in [2.75, 3.05) is 0 Å². The summed E-state index contributed by atoms with van der Waals surface area (Å²) in [5.41, 5.74) is 2.84. The van der Waals surface area contributed by atoms with Crippen LogP contribution in [-0.2, 0) is 25.8 Å². The minimum absolute atomic E-state index is 0.209. The lowest BCUT2D eigenvalue weighted by Gasteiger charge is -2.11. The Morgan fingerprint density at radius 2 is 2.13 bits per heavy atom. The molecule has 2 heterocycles. The molecule has 3 aromatic rings. The number of hydrogen-bond donors (Lipinski definition) is 1. The number of aromatic nitrogens is 2. The summed E-state index contributed by atoms with van der Waals surface area (Å²) in [6.45, 7) is 0.649. The number of halogens is 1. The van der Waals surface area contributed by atoms with Gasteiger partial charge in [0.2, 0.25) is 0 Å². The van der Waals surface area contributed by atoms with E-state index in [-0.39, 0.29) is 5.82 Å². The molecular weight excluding hydrogens is 309 g/mol. The molecule has 0 aliphatic heterocycles. The first-order chi connectivity index (χ1) is 11.2. The van der Waals surface area contributed by atoms with Crippen LogP contribution in [0.1, 0.15) is 28.8 Å². The van der Waals surface area contributed by atoms with Crippen LogP contribution in [0.25, 0.3) is 10.2 Å². The highest BCUT2D eigenvalue weighted by Gasteiger charge is 2.18. The van der Waals surface area contributed by atoms with Crippen molar-refractivity contribution >= 4 is 21.6 Å². The van der Waals surface area contributed by atoms with Gasteiger partial charge in [-0.25, -0.2) is 9.37 Å². The Morgan fingerprint density at radius 1 is 1.26 bits per heavy atom. The number of thiophene rings is 1. The largest absolute Gasteiger partial charge is 0.317 e. The van der Waals surface area contributed by atoms with Crippen LogP contribution < -0.4 is 5.49 Å². The molecule has 23 heavy (non-hydrogen) atoms. The van der Waals surface area contributed by atoms with Crippen LogP contribution in [0.5, 0.6) is 0 Å². The van der Waals surface area contributed by atoms with E-state index in [1.807, 2.05) is 10.6 Å². The van der Waals surface area contributed by atoms with Crippen LogP contribution in [0.2, 0.25) is 0 Å². The molecule has 0 fully saturated rings. The number of rotatable bonds is 3. The Balaban J connectivity index is 1.68. The average molecular weight is 327 g/mol. The molecule has 0 bridgehead atoms. The predicted octanol–water partition coefficient (Wildman–Crippen LogP) is 3.84. The van der Waals surface area contributed by atoms with Gasteiger partial charge in [0.15, 0.2) is 0 Å². The lowest BCUT2D eigenvalue weighted by molar-refractivity contribution is 0.616. The monoisotopic (exact) mass is 327 g/mol. The Labute approximate surface area is 137 Å². The van der Waals surface area contributed by atoms with Gasteiger partial charge < -0.3 is 4.57 Å². The summed E-state index contributed by atoms with van der Waals surface area (Å²) in [6, 6.07) is 6.67. The second-order valence-corrected chi connectivity index (χ2v) is 7.14. The van der Waals surface area contributed by atoms with Crippen LogP contribution in [0.3, 0.4) is 0 Å². The molecule has 1 N–H and O–H groups in total. The summed E-state index contributed by atoms with van der Waals surface area (Å²) in [4.78, 5) is 6.97. The van der Waals surface area contributed by atoms with E-state index in [0.29, 0.717) is 18.5 Å². The van der Waals surface area contributed by atoms with E-state index in [4.69, 9.17) is 5.41 Å². The predicted molar refractivity (Wildman–Crippen MR) is 90.2 cm³/mol. The summed E-state index contributed by atoms with van der Waals surface area (Å²) in [6.07, 6.45) is 7.10. The van der Waals surface area contributed by atoms with Gasteiger partial charge in [-0.1, -0.05) is 12.1 Å². The van der Waals surface area contributed by atoms with E-state index in [2.05, 4.69) is 4.98 Å². The second kappa shape index (κ2) is 5.89. The smallest absolute Gasteiger partial charge is 0.136 e. The summed E-state index contributed by atoms with van der Waals surface area (Å²) in [7, 11) is 0. The molecule has 4 rings (SSSR count). The fraction of sp³-hybridized carbons (Fsp3) is 0.333. The zero-order valence-electron chi connectivity index (χ0n) is 12.8. The van der Waals surface area contributed by atoms with Gasteiger partial charge in [0.1, 0.15) is 16.1 Å². The molecule has 1 aliphatic carbocycles. The first-order valence-electron chi connectivity index (χ1n) is 8.01. The van der Waals surface area contributed by atoms with Crippen molar-refractivity contribution in [2.24, 2.45) is 0 Å². The maximum atomic E-state index is 13.3. The summed E-state index contributed by atoms with van der Waals surface area (Å²) in [5.74, 6) is -0.209. The molecule has 0 saturated carbocycles. The molecule has 0 spiro atoms. The highest BCUT2D eigenvalue weighted by molar-refractivity contribution is 7.18. The van der Waals surface area contributed by atoms with Gasteiger partial charge in [0.05, 0.1) is 11.7 Å². The van der Waals surface area contributed by atoms with Crippen molar-refractivity contribution in [2.45, 2.75) is 38.6 Å². The molecule has 0 saturated heterocycles. The first-order valence-corrected chi connectivity index (χ1v) is 8.83. The summed E-state index contributed by atoms with van der Waals surface area (Å²) in [5, 5.41) is 9.59. The first kappa shape index (κ1) is 14.6. The van der Waals surface area contributed by atoms with E-state index < -0.39 is 0 Å². The fourth-order valence-corrected chi connectivity index (χ4v) is 4.55. The molecule has 0 unspecified atom stereocenters.